The highest BCUT2D eigenvalue weighted by Crippen LogP contribution is 2.13. The maximum atomic E-state index is 10.9. The number of esters is 1. The molecule has 0 aliphatic heterocycles. The highest BCUT2D eigenvalue weighted by atomic mass is 32.1. The maximum Gasteiger partial charge on any atom is 0.330 e. The van der Waals surface area contributed by atoms with E-state index in [2.05, 4.69) is 4.98 Å². The molecule has 0 fully saturated rings. The molecular weight excluding hydrogens is 202 g/mol. The molecule has 0 amide bonds. The van der Waals surface area contributed by atoms with Crippen LogP contribution in [-0.2, 0) is 16.1 Å². The maximum absolute atomic E-state index is 10.9. The second-order valence-corrected chi connectivity index (χ2v) is 3.56. The normalized spacial score (nSPS) is 10.7. The van der Waals surface area contributed by atoms with Crippen LogP contribution in [0, 0.1) is 0 Å². The van der Waals surface area contributed by atoms with Crippen molar-refractivity contribution in [1.82, 2.24) is 4.98 Å². The molecule has 0 atom stereocenters. The van der Waals surface area contributed by atoms with Crippen molar-refractivity contribution in [2.75, 3.05) is 6.61 Å². The molecule has 14 heavy (non-hydrogen) atoms. The predicted octanol–water partition coefficient (Wildman–Crippen LogP) is 1.21. The van der Waals surface area contributed by atoms with Gasteiger partial charge in [-0.2, -0.15) is 0 Å². The molecule has 0 bridgehead atoms. The van der Waals surface area contributed by atoms with E-state index in [4.69, 9.17) is 9.84 Å². The van der Waals surface area contributed by atoms with Gasteiger partial charge in [0, 0.05) is 12.3 Å². The Hall–Kier alpha value is -1.20. The lowest BCUT2D eigenvalue weighted by Crippen LogP contribution is -1.98. The summed E-state index contributed by atoms with van der Waals surface area (Å²) in [5.41, 5.74) is 0. The van der Waals surface area contributed by atoms with Gasteiger partial charge in [0.1, 0.15) is 5.01 Å². The molecule has 76 valence electrons. The van der Waals surface area contributed by atoms with Crippen LogP contribution >= 0.6 is 11.3 Å². The van der Waals surface area contributed by atoms with Gasteiger partial charge in [-0.25, -0.2) is 9.78 Å². The van der Waals surface area contributed by atoms with Crippen LogP contribution in [0.25, 0.3) is 6.08 Å². The van der Waals surface area contributed by atoms with Crippen LogP contribution < -0.4 is 0 Å². The summed E-state index contributed by atoms with van der Waals surface area (Å²) in [5, 5.41) is 9.45. The molecule has 5 heteroatoms. The van der Waals surface area contributed by atoms with Gasteiger partial charge in [-0.3, -0.25) is 0 Å². The summed E-state index contributed by atoms with van der Waals surface area (Å²) in [6, 6.07) is 0. The number of aliphatic hydroxyl groups excluding tert-OH is 1. The van der Waals surface area contributed by atoms with Crippen molar-refractivity contribution in [2.45, 2.75) is 13.5 Å². The first kappa shape index (κ1) is 10.9. The van der Waals surface area contributed by atoms with Gasteiger partial charge in [-0.1, -0.05) is 0 Å². The van der Waals surface area contributed by atoms with E-state index in [1.807, 2.05) is 0 Å². The Bertz CT molecular complexity index is 333. The molecule has 0 radical (unpaired) electrons. The fourth-order valence-electron chi connectivity index (χ4n) is 0.802. The van der Waals surface area contributed by atoms with Crippen molar-refractivity contribution in [3.05, 3.63) is 22.2 Å². The molecule has 0 unspecified atom stereocenters. The summed E-state index contributed by atoms with van der Waals surface area (Å²) < 4.78 is 4.70. The molecule has 1 rings (SSSR count). The average molecular weight is 213 g/mol. The van der Waals surface area contributed by atoms with E-state index in [0.29, 0.717) is 11.6 Å². The number of aromatic nitrogens is 1. The number of hydrogen-bond donors (Lipinski definition) is 1. The Morgan fingerprint density at radius 2 is 2.57 bits per heavy atom. The van der Waals surface area contributed by atoms with Crippen LogP contribution in [-0.4, -0.2) is 22.7 Å². The van der Waals surface area contributed by atoms with Crippen LogP contribution in [0.4, 0.5) is 0 Å². The van der Waals surface area contributed by atoms with Gasteiger partial charge in [0.05, 0.1) is 18.1 Å². The molecule has 1 N–H and O–H groups in total. The lowest BCUT2D eigenvalue weighted by molar-refractivity contribution is -0.137. The highest BCUT2D eigenvalue weighted by molar-refractivity contribution is 7.12. The van der Waals surface area contributed by atoms with Crippen molar-refractivity contribution < 1.29 is 14.6 Å². The fraction of sp³-hybridized carbons (Fsp3) is 0.333. The van der Waals surface area contributed by atoms with Crippen LogP contribution in [0.15, 0.2) is 12.3 Å². The van der Waals surface area contributed by atoms with E-state index in [-0.39, 0.29) is 12.6 Å². The van der Waals surface area contributed by atoms with Crippen LogP contribution in [0.2, 0.25) is 0 Å². The zero-order valence-electron chi connectivity index (χ0n) is 7.77. The number of rotatable bonds is 4. The van der Waals surface area contributed by atoms with Crippen molar-refractivity contribution >= 4 is 23.4 Å². The van der Waals surface area contributed by atoms with Crippen molar-refractivity contribution in [1.29, 1.82) is 0 Å². The van der Waals surface area contributed by atoms with Gasteiger partial charge in [-0.05, 0) is 13.0 Å². The van der Waals surface area contributed by atoms with Gasteiger partial charge in [0.25, 0.3) is 0 Å². The van der Waals surface area contributed by atoms with Crippen LogP contribution in [0.3, 0.4) is 0 Å². The van der Waals surface area contributed by atoms with E-state index in [1.54, 1.807) is 19.2 Å². The van der Waals surface area contributed by atoms with Gasteiger partial charge in [0.2, 0.25) is 0 Å². The number of aliphatic hydroxyl groups is 1. The quantitative estimate of drug-likeness (QED) is 0.603. The fourth-order valence-corrected chi connectivity index (χ4v) is 1.48. The third kappa shape index (κ3) is 3.27. The van der Waals surface area contributed by atoms with Gasteiger partial charge < -0.3 is 9.84 Å². The molecule has 1 aromatic rings. The first-order chi connectivity index (χ1) is 6.76. The van der Waals surface area contributed by atoms with Gasteiger partial charge >= 0.3 is 5.97 Å². The van der Waals surface area contributed by atoms with E-state index in [0.717, 1.165) is 4.88 Å². The number of ether oxygens (including phenoxy) is 1. The molecule has 4 nitrogen and oxygen atoms in total. The Kier molecular flexibility index (Phi) is 4.28. The van der Waals surface area contributed by atoms with Crippen LogP contribution in [0.5, 0.6) is 0 Å². The molecular formula is C9H11NO3S. The summed E-state index contributed by atoms with van der Waals surface area (Å²) in [5.74, 6) is -0.381. The van der Waals surface area contributed by atoms with E-state index >= 15 is 0 Å². The first-order valence-electron chi connectivity index (χ1n) is 4.16. The van der Waals surface area contributed by atoms with Gasteiger partial charge in [0.15, 0.2) is 0 Å². The molecule has 0 saturated carbocycles. The minimum Gasteiger partial charge on any atom is -0.463 e. The lowest BCUT2D eigenvalue weighted by atomic mass is 10.5. The third-order valence-corrected chi connectivity index (χ3v) is 2.32. The number of carbonyl (C=O) groups excluding carboxylic acids is 1. The minimum atomic E-state index is -0.381. The Morgan fingerprint density at radius 1 is 1.79 bits per heavy atom. The van der Waals surface area contributed by atoms with E-state index in [1.165, 1.54) is 17.4 Å². The van der Waals surface area contributed by atoms with E-state index in [9.17, 15) is 4.79 Å². The Balaban J connectivity index is 2.55. The monoisotopic (exact) mass is 213 g/mol. The predicted molar refractivity (Wildman–Crippen MR) is 53.7 cm³/mol. The largest absolute Gasteiger partial charge is 0.463 e. The van der Waals surface area contributed by atoms with Crippen molar-refractivity contribution in [2.24, 2.45) is 0 Å². The molecule has 1 aromatic heterocycles. The second kappa shape index (κ2) is 5.51. The van der Waals surface area contributed by atoms with E-state index < -0.39 is 0 Å². The smallest absolute Gasteiger partial charge is 0.330 e. The molecule has 1 heterocycles. The average Bonchev–Trinajstić information content (AvgIpc) is 2.63. The van der Waals surface area contributed by atoms with Crippen molar-refractivity contribution in [3.8, 4) is 0 Å². The lowest BCUT2D eigenvalue weighted by Gasteiger charge is -1.92. The number of carbonyl (C=O) groups is 1. The summed E-state index contributed by atoms with van der Waals surface area (Å²) in [4.78, 5) is 15.7. The third-order valence-electron chi connectivity index (χ3n) is 1.38. The van der Waals surface area contributed by atoms with Crippen LogP contribution in [0.1, 0.15) is 16.8 Å². The standard InChI is InChI=1S/C9H11NO3S/c1-2-13-9(12)4-3-8-10-5-7(6-11)14-8/h3-5,11H,2,6H2,1H3. The molecule has 0 saturated heterocycles. The molecule has 0 aromatic carbocycles. The summed E-state index contributed by atoms with van der Waals surface area (Å²) in [6.45, 7) is 2.09. The topological polar surface area (TPSA) is 59.4 Å². The first-order valence-corrected chi connectivity index (χ1v) is 4.98. The van der Waals surface area contributed by atoms with Crippen molar-refractivity contribution in [3.63, 3.8) is 0 Å². The number of nitrogens with zero attached hydrogens (tertiary/aromatic N) is 1. The summed E-state index contributed by atoms with van der Waals surface area (Å²) >= 11 is 1.34. The Morgan fingerprint density at radius 3 is 3.14 bits per heavy atom. The zero-order valence-corrected chi connectivity index (χ0v) is 8.58. The number of thiazole rings is 1. The number of hydrogen-bond acceptors (Lipinski definition) is 5. The molecule has 0 spiro atoms. The molecule has 0 aliphatic carbocycles. The summed E-state index contributed by atoms with van der Waals surface area (Å²) in [6.07, 6.45) is 4.47. The summed E-state index contributed by atoms with van der Waals surface area (Å²) in [7, 11) is 0. The molecule has 0 aliphatic rings. The van der Waals surface area contributed by atoms with Gasteiger partial charge in [-0.15, -0.1) is 11.3 Å². The Labute approximate surface area is 85.9 Å². The SMILES string of the molecule is CCOC(=O)C=Cc1ncc(CO)s1. The highest BCUT2D eigenvalue weighted by Gasteiger charge is 1.98. The second-order valence-electron chi connectivity index (χ2n) is 2.41. The zero-order chi connectivity index (χ0) is 10.4. The minimum absolute atomic E-state index is 0.0229.